The van der Waals surface area contributed by atoms with E-state index in [0.29, 0.717) is 29.0 Å². The highest BCUT2D eigenvalue weighted by Gasteiger charge is 2.23. The molecule has 0 saturated heterocycles. The zero-order valence-electron chi connectivity index (χ0n) is 24.2. The third-order valence-corrected chi connectivity index (χ3v) is 9.12. The van der Waals surface area contributed by atoms with Gasteiger partial charge in [0.1, 0.15) is 11.2 Å². The molecule has 10 nitrogen and oxygen atoms in total. The molecule has 0 spiro atoms. The Morgan fingerprint density at radius 2 is 1.02 bits per heavy atom. The van der Waals surface area contributed by atoms with Gasteiger partial charge in [0.15, 0.2) is 11.6 Å². The smallest absolute Gasteiger partial charge is 0.261 e. The van der Waals surface area contributed by atoms with Crippen LogP contribution in [-0.4, -0.2) is 43.8 Å². The van der Waals surface area contributed by atoms with Crippen LogP contribution in [0.5, 0.6) is 0 Å². The van der Waals surface area contributed by atoms with Crippen molar-refractivity contribution >= 4 is 83.2 Å². The van der Waals surface area contributed by atoms with Crippen molar-refractivity contribution in [2.45, 2.75) is 0 Å². The van der Waals surface area contributed by atoms with Gasteiger partial charge in [-0.15, -0.1) is 15.3 Å². The Bertz CT molecular complexity index is 3070. The van der Waals surface area contributed by atoms with Crippen LogP contribution < -0.4 is 0 Å². The zero-order valence-corrected chi connectivity index (χ0v) is 25.0. The Hall–Kier alpha value is -6.39. The largest absolute Gasteiger partial charge is 0.456 e. The number of fused-ring (bicyclic) bond motifs is 15. The summed E-state index contributed by atoms with van der Waals surface area (Å²) in [4.78, 5) is 14.4. The number of para-hydroxylation sites is 1. The maximum atomic E-state index is 6.36. The lowest BCUT2D eigenvalue weighted by Crippen LogP contribution is -2.06. The lowest BCUT2D eigenvalue weighted by Gasteiger charge is -2.12. The fourth-order valence-electron chi connectivity index (χ4n) is 6.94. The highest BCUT2D eigenvalue weighted by molar-refractivity contribution is 6.28. The summed E-state index contributed by atoms with van der Waals surface area (Å²) in [6, 6.07) is 37.1. The SMILES string of the molecule is Clc1nc2n(n1)c1nc(-c3ccc4c(c3)oc3ccccc34)nn1c1nc(-c3cccc4c5ccccc5c5ccccc5c34)nn21. The van der Waals surface area contributed by atoms with Gasteiger partial charge in [0, 0.05) is 27.3 Å². The van der Waals surface area contributed by atoms with Crippen LogP contribution in [0.3, 0.4) is 0 Å². The molecule has 11 heteroatoms. The number of aromatic nitrogens is 9. The Morgan fingerprint density at radius 1 is 0.468 bits per heavy atom. The summed E-state index contributed by atoms with van der Waals surface area (Å²) in [6.45, 7) is 0. The topological polar surface area (TPSA) is 104 Å². The van der Waals surface area contributed by atoms with E-state index < -0.39 is 0 Å². The molecule has 0 saturated carbocycles. The second kappa shape index (κ2) is 8.87. The highest BCUT2D eigenvalue weighted by atomic mass is 35.5. The molecule has 0 fully saturated rings. The molecule has 47 heavy (non-hydrogen) atoms. The molecule has 11 aromatic rings. The normalized spacial score (nSPS) is 12.4. The maximum Gasteiger partial charge on any atom is 0.261 e. The average molecular weight is 628 g/mol. The predicted molar refractivity (Wildman–Crippen MR) is 182 cm³/mol. The molecular weight excluding hydrogens is 610 g/mol. The van der Waals surface area contributed by atoms with Gasteiger partial charge in [-0.05, 0) is 56.7 Å². The molecule has 5 heterocycles. The van der Waals surface area contributed by atoms with Gasteiger partial charge in [-0.3, -0.25) is 0 Å². The molecule has 220 valence electrons. The van der Waals surface area contributed by atoms with Gasteiger partial charge >= 0.3 is 0 Å². The molecule has 11 rings (SSSR count). The number of benzene rings is 6. The molecule has 0 bridgehead atoms. The lowest BCUT2D eigenvalue weighted by atomic mass is 9.91. The first-order valence-electron chi connectivity index (χ1n) is 15.0. The standard InChI is InChI=1S/C36H18ClN9O/c37-33-40-36-45-35(39-32(42-45)27-14-7-13-26-22-9-2-1-8-20(22)21-10-3-4-12-25(21)30(26)27)44-34(46(36)43-33)38-31(41-44)19-16-17-24-23-11-5-6-15-28(23)47-29(24)18-19/h1-18H. The van der Waals surface area contributed by atoms with Crippen molar-refractivity contribution in [2.24, 2.45) is 0 Å². The summed E-state index contributed by atoms with van der Waals surface area (Å²) >= 11 is 6.36. The lowest BCUT2D eigenvalue weighted by molar-refractivity contribution is 0.669. The Kier molecular flexibility index (Phi) is 4.69. The molecule has 5 aromatic heterocycles. The molecule has 0 radical (unpaired) electrons. The van der Waals surface area contributed by atoms with E-state index in [2.05, 4.69) is 76.8 Å². The van der Waals surface area contributed by atoms with Gasteiger partial charge in [-0.1, -0.05) is 91.0 Å². The number of furan rings is 1. The van der Waals surface area contributed by atoms with Crippen LogP contribution >= 0.6 is 11.6 Å². The van der Waals surface area contributed by atoms with Crippen LogP contribution in [0.15, 0.2) is 114 Å². The highest BCUT2D eigenvalue weighted by Crippen LogP contribution is 2.39. The fourth-order valence-corrected chi connectivity index (χ4v) is 7.10. The van der Waals surface area contributed by atoms with E-state index in [-0.39, 0.29) is 5.28 Å². The molecule has 0 aliphatic rings. The van der Waals surface area contributed by atoms with Crippen LogP contribution in [0.1, 0.15) is 0 Å². The Balaban J connectivity index is 1.19. The maximum absolute atomic E-state index is 6.36. The molecule has 0 unspecified atom stereocenters. The minimum Gasteiger partial charge on any atom is -0.456 e. The fraction of sp³-hybridized carbons (Fsp3) is 0. The van der Waals surface area contributed by atoms with Gasteiger partial charge in [-0.2, -0.15) is 28.5 Å². The van der Waals surface area contributed by atoms with Crippen molar-refractivity contribution in [1.29, 1.82) is 0 Å². The predicted octanol–water partition coefficient (Wildman–Crippen LogP) is 8.16. The number of halogens is 1. The quantitative estimate of drug-likeness (QED) is 0.178. The van der Waals surface area contributed by atoms with Gasteiger partial charge in [0.2, 0.25) is 5.28 Å². The number of hydrogen-bond donors (Lipinski definition) is 0. The van der Waals surface area contributed by atoms with Gasteiger partial charge in [0.25, 0.3) is 17.3 Å². The molecule has 0 aliphatic heterocycles. The van der Waals surface area contributed by atoms with Gasteiger partial charge in [-0.25, -0.2) is 0 Å². The van der Waals surface area contributed by atoms with Crippen molar-refractivity contribution in [3.05, 3.63) is 114 Å². The number of rotatable bonds is 2. The number of nitrogens with zero attached hydrogens (tertiary/aromatic N) is 9. The molecular formula is C36H18ClN9O. The van der Waals surface area contributed by atoms with Crippen molar-refractivity contribution in [1.82, 2.24) is 43.8 Å². The third kappa shape index (κ3) is 3.34. The summed E-state index contributed by atoms with van der Waals surface area (Å²) in [6.07, 6.45) is 0. The monoisotopic (exact) mass is 627 g/mol. The first-order chi connectivity index (χ1) is 23.2. The van der Waals surface area contributed by atoms with E-state index in [9.17, 15) is 0 Å². The minimum absolute atomic E-state index is 0.0623. The van der Waals surface area contributed by atoms with Crippen LogP contribution in [0, 0.1) is 0 Å². The summed E-state index contributed by atoms with van der Waals surface area (Å²) in [5.74, 6) is 2.20. The van der Waals surface area contributed by atoms with Gasteiger partial charge < -0.3 is 4.42 Å². The van der Waals surface area contributed by atoms with Crippen molar-refractivity contribution in [3.8, 4) is 22.8 Å². The Labute approximate surface area is 268 Å². The van der Waals surface area contributed by atoms with E-state index >= 15 is 0 Å². The molecule has 0 N–H and O–H groups in total. The van der Waals surface area contributed by atoms with Crippen molar-refractivity contribution in [2.75, 3.05) is 0 Å². The van der Waals surface area contributed by atoms with E-state index in [1.54, 1.807) is 9.03 Å². The molecule has 6 aromatic carbocycles. The van der Waals surface area contributed by atoms with Gasteiger partial charge in [0.05, 0.1) is 0 Å². The summed E-state index contributed by atoms with van der Waals surface area (Å²) in [7, 11) is 0. The van der Waals surface area contributed by atoms with Crippen LogP contribution in [0.4, 0.5) is 0 Å². The third-order valence-electron chi connectivity index (χ3n) is 8.96. The first kappa shape index (κ1) is 24.9. The van der Waals surface area contributed by atoms with E-state index in [1.165, 1.54) is 20.7 Å². The molecule has 0 atom stereocenters. The second-order valence-corrected chi connectivity index (χ2v) is 11.9. The average Bonchev–Trinajstić information content (AvgIpc) is 3.91. The van der Waals surface area contributed by atoms with Crippen LogP contribution in [0.25, 0.3) is 94.4 Å². The van der Waals surface area contributed by atoms with E-state index in [4.69, 9.17) is 36.2 Å². The van der Waals surface area contributed by atoms with Crippen LogP contribution in [-0.2, 0) is 0 Å². The molecule has 0 amide bonds. The van der Waals surface area contributed by atoms with E-state index in [0.717, 1.165) is 49.2 Å². The van der Waals surface area contributed by atoms with Crippen molar-refractivity contribution < 1.29 is 4.42 Å². The summed E-state index contributed by atoms with van der Waals surface area (Å²) < 4.78 is 10.9. The number of hydrogen-bond acceptors (Lipinski definition) is 7. The van der Waals surface area contributed by atoms with E-state index in [1.807, 2.05) is 42.5 Å². The molecule has 0 aliphatic carbocycles. The second-order valence-electron chi connectivity index (χ2n) is 11.5. The first-order valence-corrected chi connectivity index (χ1v) is 15.4. The van der Waals surface area contributed by atoms with Crippen molar-refractivity contribution in [3.63, 3.8) is 0 Å². The Morgan fingerprint density at radius 3 is 1.79 bits per heavy atom. The zero-order chi connectivity index (χ0) is 30.8. The minimum atomic E-state index is 0.0623. The van der Waals surface area contributed by atoms with Crippen LogP contribution in [0.2, 0.25) is 5.28 Å². The summed E-state index contributed by atoms with van der Waals surface area (Å²) in [5, 5.41) is 23.3. The summed E-state index contributed by atoms with van der Waals surface area (Å²) in [5.41, 5.74) is 3.25.